The predicted octanol–water partition coefficient (Wildman–Crippen LogP) is 3.85. The highest BCUT2D eigenvalue weighted by Crippen LogP contribution is 2.17. The van der Waals surface area contributed by atoms with Gasteiger partial charge in [-0.15, -0.1) is 5.10 Å². The van der Waals surface area contributed by atoms with Crippen LogP contribution in [0.2, 0.25) is 0 Å². The second-order valence-electron chi connectivity index (χ2n) is 7.15. The Balaban J connectivity index is 1.38. The summed E-state index contributed by atoms with van der Waals surface area (Å²) in [5.41, 5.74) is 4.53. The molecule has 0 bridgehead atoms. The van der Waals surface area contributed by atoms with Crippen LogP contribution in [0.4, 0.5) is 0 Å². The van der Waals surface area contributed by atoms with Gasteiger partial charge in [0.1, 0.15) is 11.3 Å². The maximum atomic E-state index is 12.5. The molecule has 0 aliphatic rings. The van der Waals surface area contributed by atoms with Gasteiger partial charge in [-0.1, -0.05) is 47.7 Å². The van der Waals surface area contributed by atoms with Crippen molar-refractivity contribution in [1.82, 2.24) is 20.3 Å². The van der Waals surface area contributed by atoms with E-state index in [0.29, 0.717) is 24.2 Å². The molecule has 6 nitrogen and oxygen atoms in total. The fourth-order valence-electron chi connectivity index (χ4n) is 3.42. The van der Waals surface area contributed by atoms with Crippen molar-refractivity contribution in [3.05, 3.63) is 89.5 Å². The third-order valence-corrected chi connectivity index (χ3v) is 5.01. The Kier molecular flexibility index (Phi) is 6.03. The van der Waals surface area contributed by atoms with Gasteiger partial charge in [0.15, 0.2) is 0 Å². The zero-order valence-electron chi connectivity index (χ0n) is 16.9. The zero-order chi connectivity index (χ0) is 20.8. The van der Waals surface area contributed by atoms with E-state index in [1.54, 1.807) is 13.2 Å². The van der Waals surface area contributed by atoms with E-state index in [0.717, 1.165) is 29.7 Å². The molecule has 4 aromatic rings. The van der Waals surface area contributed by atoms with E-state index in [4.69, 9.17) is 4.74 Å². The second-order valence-corrected chi connectivity index (χ2v) is 7.15. The summed E-state index contributed by atoms with van der Waals surface area (Å²) >= 11 is 0. The molecule has 1 N–H and O–H groups in total. The first-order valence-electron chi connectivity index (χ1n) is 10.0. The van der Waals surface area contributed by atoms with Crippen LogP contribution < -0.4 is 10.1 Å². The molecular formula is C24H24N4O2. The van der Waals surface area contributed by atoms with E-state index in [9.17, 15) is 4.79 Å². The normalized spacial score (nSPS) is 10.8. The largest absolute Gasteiger partial charge is 0.497 e. The lowest BCUT2D eigenvalue weighted by molar-refractivity contribution is 0.0953. The highest BCUT2D eigenvalue weighted by Gasteiger charge is 2.11. The molecule has 0 saturated heterocycles. The van der Waals surface area contributed by atoms with Crippen molar-refractivity contribution in [2.75, 3.05) is 13.7 Å². The molecule has 30 heavy (non-hydrogen) atoms. The number of nitrogens with one attached hydrogen (secondary N) is 1. The molecule has 152 valence electrons. The second kappa shape index (κ2) is 9.22. The third kappa shape index (κ3) is 4.66. The number of amides is 1. The van der Waals surface area contributed by atoms with Crippen molar-refractivity contribution < 1.29 is 9.53 Å². The van der Waals surface area contributed by atoms with Crippen LogP contribution in [0.3, 0.4) is 0 Å². The van der Waals surface area contributed by atoms with Crippen molar-refractivity contribution in [2.24, 2.45) is 0 Å². The van der Waals surface area contributed by atoms with Crippen molar-refractivity contribution in [3.8, 4) is 5.75 Å². The molecule has 0 aliphatic carbocycles. The van der Waals surface area contributed by atoms with Crippen LogP contribution >= 0.6 is 0 Å². The Hall–Kier alpha value is -3.67. The molecule has 0 spiro atoms. The molecule has 0 radical (unpaired) electrons. The number of methoxy groups -OCH3 is 1. The van der Waals surface area contributed by atoms with Crippen LogP contribution in [0, 0.1) is 0 Å². The molecule has 1 heterocycles. The van der Waals surface area contributed by atoms with Crippen molar-refractivity contribution in [2.45, 2.75) is 19.4 Å². The summed E-state index contributed by atoms with van der Waals surface area (Å²) in [7, 11) is 1.65. The number of hydrogen-bond acceptors (Lipinski definition) is 4. The number of carbonyl (C=O) groups is 1. The lowest BCUT2D eigenvalue weighted by Gasteiger charge is -2.07. The summed E-state index contributed by atoms with van der Waals surface area (Å²) in [5.74, 6) is 0.718. The van der Waals surface area contributed by atoms with E-state index in [1.807, 2.05) is 59.3 Å². The Labute approximate surface area is 175 Å². The van der Waals surface area contributed by atoms with E-state index < -0.39 is 0 Å². The molecule has 0 unspecified atom stereocenters. The van der Waals surface area contributed by atoms with Gasteiger partial charge in [0.25, 0.3) is 5.91 Å². The minimum Gasteiger partial charge on any atom is -0.497 e. The van der Waals surface area contributed by atoms with E-state index in [1.165, 1.54) is 5.56 Å². The number of hydrogen-bond donors (Lipinski definition) is 1. The minimum atomic E-state index is -0.0905. The number of aryl methyl sites for hydroxylation is 1. The van der Waals surface area contributed by atoms with Crippen LogP contribution in [-0.4, -0.2) is 34.6 Å². The maximum Gasteiger partial charge on any atom is 0.251 e. The Bertz CT molecular complexity index is 1140. The lowest BCUT2D eigenvalue weighted by atomic mass is 10.1. The van der Waals surface area contributed by atoms with Crippen LogP contribution in [-0.2, 0) is 13.0 Å². The molecule has 3 aromatic carbocycles. The Morgan fingerprint density at radius 3 is 2.67 bits per heavy atom. The van der Waals surface area contributed by atoms with Crippen molar-refractivity contribution in [3.63, 3.8) is 0 Å². The van der Waals surface area contributed by atoms with Gasteiger partial charge in [-0.3, -0.25) is 4.79 Å². The first-order valence-corrected chi connectivity index (χ1v) is 10.0. The number of fused-ring (bicyclic) bond motifs is 1. The molecule has 6 heteroatoms. The van der Waals surface area contributed by atoms with E-state index in [-0.39, 0.29) is 5.91 Å². The van der Waals surface area contributed by atoms with Gasteiger partial charge in [-0.2, -0.15) is 0 Å². The fraction of sp³-hybridized carbons (Fsp3) is 0.208. The SMILES string of the molecule is COc1cccc(Cn2nnc3cc(C(=O)NCCCc4ccccc4)ccc32)c1. The number of aromatic nitrogens is 3. The van der Waals surface area contributed by atoms with Gasteiger partial charge in [0.2, 0.25) is 0 Å². The quantitative estimate of drug-likeness (QED) is 0.456. The van der Waals surface area contributed by atoms with Gasteiger partial charge in [0, 0.05) is 12.1 Å². The van der Waals surface area contributed by atoms with Gasteiger partial charge in [-0.05, 0) is 54.3 Å². The van der Waals surface area contributed by atoms with Crippen LogP contribution in [0.1, 0.15) is 27.9 Å². The van der Waals surface area contributed by atoms with E-state index >= 15 is 0 Å². The van der Waals surface area contributed by atoms with Gasteiger partial charge < -0.3 is 10.1 Å². The molecule has 1 amide bonds. The smallest absolute Gasteiger partial charge is 0.251 e. The summed E-state index contributed by atoms with van der Waals surface area (Å²) in [5, 5.41) is 11.5. The van der Waals surface area contributed by atoms with E-state index in [2.05, 4.69) is 27.8 Å². The summed E-state index contributed by atoms with van der Waals surface area (Å²) in [6, 6.07) is 23.6. The highest BCUT2D eigenvalue weighted by molar-refractivity contribution is 5.97. The summed E-state index contributed by atoms with van der Waals surface area (Å²) in [6.07, 6.45) is 1.84. The monoisotopic (exact) mass is 400 g/mol. The molecule has 0 saturated carbocycles. The summed E-state index contributed by atoms with van der Waals surface area (Å²) in [6.45, 7) is 1.22. The number of rotatable bonds is 8. The van der Waals surface area contributed by atoms with Crippen molar-refractivity contribution >= 4 is 16.9 Å². The van der Waals surface area contributed by atoms with Crippen LogP contribution in [0.5, 0.6) is 5.75 Å². The number of ether oxygens (including phenoxy) is 1. The number of carbonyl (C=O) groups excluding carboxylic acids is 1. The summed E-state index contributed by atoms with van der Waals surface area (Å²) < 4.78 is 7.10. The number of nitrogens with zero attached hydrogens (tertiary/aromatic N) is 3. The zero-order valence-corrected chi connectivity index (χ0v) is 16.9. The standard InChI is InChI=1S/C24H24N4O2/c1-30-21-11-5-9-19(15-21)17-28-23-13-12-20(16-22(23)26-27-28)24(29)25-14-6-10-18-7-3-2-4-8-18/h2-5,7-9,11-13,15-16H,6,10,14,17H2,1H3,(H,25,29). The molecular weight excluding hydrogens is 376 g/mol. The maximum absolute atomic E-state index is 12.5. The van der Waals surface area contributed by atoms with Crippen LogP contribution in [0.15, 0.2) is 72.8 Å². The Morgan fingerprint density at radius 1 is 1.00 bits per heavy atom. The molecule has 4 rings (SSSR count). The first kappa shape index (κ1) is 19.6. The fourth-order valence-corrected chi connectivity index (χ4v) is 3.42. The van der Waals surface area contributed by atoms with Crippen molar-refractivity contribution in [1.29, 1.82) is 0 Å². The lowest BCUT2D eigenvalue weighted by Crippen LogP contribution is -2.24. The first-order chi connectivity index (χ1) is 14.7. The topological polar surface area (TPSA) is 69.0 Å². The molecule has 0 fully saturated rings. The van der Waals surface area contributed by atoms with Gasteiger partial charge in [-0.25, -0.2) is 4.68 Å². The summed E-state index contributed by atoms with van der Waals surface area (Å²) in [4.78, 5) is 12.5. The molecule has 0 aliphatic heterocycles. The highest BCUT2D eigenvalue weighted by atomic mass is 16.5. The third-order valence-electron chi connectivity index (χ3n) is 5.01. The number of benzene rings is 3. The minimum absolute atomic E-state index is 0.0905. The Morgan fingerprint density at radius 2 is 1.83 bits per heavy atom. The average molecular weight is 400 g/mol. The predicted molar refractivity (Wildman–Crippen MR) is 117 cm³/mol. The average Bonchev–Trinajstić information content (AvgIpc) is 3.19. The van der Waals surface area contributed by atoms with Crippen LogP contribution in [0.25, 0.3) is 11.0 Å². The van der Waals surface area contributed by atoms with Gasteiger partial charge in [0.05, 0.1) is 19.2 Å². The molecule has 0 atom stereocenters. The van der Waals surface area contributed by atoms with Gasteiger partial charge >= 0.3 is 0 Å². The molecule has 1 aromatic heterocycles.